The standard InChI is InChI=1S/C16H23N3O4/c1-19(2)16(14(20)17-8-9-18-15(21)22-3)10-12-6-4-5-7-13(12)23-11-16/h4-7H,8-11H2,1-3H3,(H,17,20)(H,18,21)/t16-/m0/s1. The van der Waals surface area contributed by atoms with E-state index in [9.17, 15) is 9.59 Å². The van der Waals surface area contributed by atoms with Gasteiger partial charge in [0.25, 0.3) is 0 Å². The molecule has 0 unspecified atom stereocenters. The molecule has 1 aromatic carbocycles. The third-order valence-corrected chi connectivity index (χ3v) is 4.07. The zero-order chi connectivity index (χ0) is 16.9. The maximum atomic E-state index is 12.7. The number of hydrogen-bond acceptors (Lipinski definition) is 5. The third kappa shape index (κ3) is 3.73. The van der Waals surface area contributed by atoms with Crippen LogP contribution < -0.4 is 15.4 Å². The largest absolute Gasteiger partial charge is 0.491 e. The Morgan fingerprint density at radius 1 is 1.26 bits per heavy atom. The van der Waals surface area contributed by atoms with Gasteiger partial charge in [-0.05, 0) is 25.7 Å². The summed E-state index contributed by atoms with van der Waals surface area (Å²) in [5.74, 6) is 0.703. The van der Waals surface area contributed by atoms with E-state index < -0.39 is 11.6 Å². The first-order valence-electron chi connectivity index (χ1n) is 7.48. The van der Waals surface area contributed by atoms with Gasteiger partial charge < -0.3 is 20.1 Å². The minimum Gasteiger partial charge on any atom is -0.491 e. The van der Waals surface area contributed by atoms with Gasteiger partial charge >= 0.3 is 6.09 Å². The molecule has 0 saturated heterocycles. The second-order valence-corrected chi connectivity index (χ2v) is 5.67. The molecule has 1 atom stereocenters. The molecular formula is C16H23N3O4. The van der Waals surface area contributed by atoms with E-state index in [4.69, 9.17) is 4.74 Å². The van der Waals surface area contributed by atoms with E-state index >= 15 is 0 Å². The first-order chi connectivity index (χ1) is 11.0. The fourth-order valence-corrected chi connectivity index (χ4v) is 2.57. The van der Waals surface area contributed by atoms with Crippen molar-refractivity contribution in [2.75, 3.05) is 40.9 Å². The van der Waals surface area contributed by atoms with Crippen LogP contribution in [0.1, 0.15) is 5.56 Å². The lowest BCUT2D eigenvalue weighted by Crippen LogP contribution is -2.62. The van der Waals surface area contributed by atoms with Gasteiger partial charge in [0, 0.05) is 19.5 Å². The molecule has 126 valence electrons. The highest BCUT2D eigenvalue weighted by atomic mass is 16.5. The van der Waals surface area contributed by atoms with Crippen LogP contribution in [0.25, 0.3) is 0 Å². The highest BCUT2D eigenvalue weighted by molar-refractivity contribution is 5.87. The van der Waals surface area contributed by atoms with Gasteiger partial charge in [-0.15, -0.1) is 0 Å². The molecule has 7 heteroatoms. The van der Waals surface area contributed by atoms with Crippen LogP contribution in [0.5, 0.6) is 5.75 Å². The van der Waals surface area contributed by atoms with Crippen molar-refractivity contribution in [2.24, 2.45) is 0 Å². The maximum Gasteiger partial charge on any atom is 0.406 e. The summed E-state index contributed by atoms with van der Waals surface area (Å²) in [5, 5.41) is 5.38. The number of amides is 2. The van der Waals surface area contributed by atoms with Crippen molar-refractivity contribution in [1.29, 1.82) is 0 Å². The summed E-state index contributed by atoms with van der Waals surface area (Å²) in [6.07, 6.45) is 0.0587. The molecule has 0 aliphatic carbocycles. The fourth-order valence-electron chi connectivity index (χ4n) is 2.57. The van der Waals surface area contributed by atoms with Crippen LogP contribution in [-0.2, 0) is 16.0 Å². The van der Waals surface area contributed by atoms with Gasteiger partial charge in [-0.1, -0.05) is 18.2 Å². The number of fused-ring (bicyclic) bond motifs is 1. The van der Waals surface area contributed by atoms with Crippen molar-refractivity contribution >= 4 is 12.0 Å². The molecule has 0 radical (unpaired) electrons. The first-order valence-corrected chi connectivity index (χ1v) is 7.48. The highest BCUT2D eigenvalue weighted by Gasteiger charge is 2.44. The van der Waals surface area contributed by atoms with Crippen LogP contribution in [0, 0.1) is 0 Å². The van der Waals surface area contributed by atoms with Crippen molar-refractivity contribution in [3.05, 3.63) is 29.8 Å². The van der Waals surface area contributed by atoms with Gasteiger partial charge in [-0.2, -0.15) is 0 Å². The Bertz CT molecular complexity index is 576. The van der Waals surface area contributed by atoms with Crippen LogP contribution in [0.15, 0.2) is 24.3 Å². The lowest BCUT2D eigenvalue weighted by molar-refractivity contribution is -0.134. The summed E-state index contributed by atoms with van der Waals surface area (Å²) in [6.45, 7) is 0.914. The second kappa shape index (κ2) is 7.32. The van der Waals surface area contributed by atoms with Crippen LogP contribution in [-0.4, -0.2) is 63.3 Å². The topological polar surface area (TPSA) is 79.9 Å². The SMILES string of the molecule is COC(=O)NCCNC(=O)[C@@]1(N(C)C)COc2ccccc2C1. The maximum absolute atomic E-state index is 12.7. The Kier molecular flexibility index (Phi) is 5.44. The van der Waals surface area contributed by atoms with E-state index in [0.717, 1.165) is 11.3 Å². The summed E-state index contributed by atoms with van der Waals surface area (Å²) in [6, 6.07) is 7.73. The minimum absolute atomic E-state index is 0.122. The molecule has 2 amide bonds. The smallest absolute Gasteiger partial charge is 0.406 e. The number of para-hydroxylation sites is 1. The normalized spacial score (nSPS) is 19.5. The molecule has 23 heavy (non-hydrogen) atoms. The fraction of sp³-hybridized carbons (Fsp3) is 0.500. The molecule has 0 aromatic heterocycles. The number of hydrogen-bond donors (Lipinski definition) is 2. The molecule has 0 saturated carbocycles. The molecule has 0 bridgehead atoms. The predicted octanol–water partition coefficient (Wildman–Crippen LogP) is 0.394. The zero-order valence-electron chi connectivity index (χ0n) is 13.7. The molecule has 1 aliphatic heterocycles. The average molecular weight is 321 g/mol. The Morgan fingerprint density at radius 2 is 1.96 bits per heavy atom. The van der Waals surface area contributed by atoms with Crippen molar-refractivity contribution < 1.29 is 19.1 Å². The summed E-state index contributed by atoms with van der Waals surface area (Å²) >= 11 is 0. The minimum atomic E-state index is -0.764. The molecule has 0 spiro atoms. The van der Waals surface area contributed by atoms with Gasteiger partial charge in [0.05, 0.1) is 7.11 Å². The quantitative estimate of drug-likeness (QED) is 0.767. The summed E-state index contributed by atoms with van der Waals surface area (Å²) in [7, 11) is 5.03. The van der Waals surface area contributed by atoms with E-state index in [1.165, 1.54) is 7.11 Å². The molecule has 1 aliphatic rings. The zero-order valence-corrected chi connectivity index (χ0v) is 13.7. The second-order valence-electron chi connectivity index (χ2n) is 5.67. The van der Waals surface area contributed by atoms with Crippen molar-refractivity contribution in [1.82, 2.24) is 15.5 Å². The van der Waals surface area contributed by atoms with E-state index in [1.807, 2.05) is 43.3 Å². The van der Waals surface area contributed by atoms with E-state index in [0.29, 0.717) is 19.5 Å². The number of ether oxygens (including phenoxy) is 2. The van der Waals surface area contributed by atoms with Crippen LogP contribution >= 0.6 is 0 Å². The van der Waals surface area contributed by atoms with Crippen molar-refractivity contribution in [2.45, 2.75) is 12.0 Å². The highest BCUT2D eigenvalue weighted by Crippen LogP contribution is 2.31. The third-order valence-electron chi connectivity index (χ3n) is 4.07. The van der Waals surface area contributed by atoms with Crippen LogP contribution in [0.3, 0.4) is 0 Å². The van der Waals surface area contributed by atoms with E-state index in [1.54, 1.807) is 0 Å². The number of alkyl carbamates (subject to hydrolysis) is 1. The Balaban J connectivity index is 2.01. The summed E-state index contributed by atoms with van der Waals surface area (Å²) < 4.78 is 10.3. The first kappa shape index (κ1) is 17.1. The summed E-state index contributed by atoms with van der Waals surface area (Å²) in [5.41, 5.74) is 0.245. The predicted molar refractivity (Wildman–Crippen MR) is 85.5 cm³/mol. The summed E-state index contributed by atoms with van der Waals surface area (Å²) in [4.78, 5) is 25.6. The number of rotatable bonds is 5. The van der Waals surface area contributed by atoms with Gasteiger partial charge in [-0.3, -0.25) is 9.69 Å². The Labute approximate surface area is 135 Å². The van der Waals surface area contributed by atoms with Crippen LogP contribution in [0.4, 0.5) is 4.79 Å². The number of carbonyl (C=O) groups is 2. The molecular weight excluding hydrogens is 298 g/mol. The van der Waals surface area contributed by atoms with Gasteiger partial charge in [0.1, 0.15) is 17.9 Å². The molecule has 1 aromatic rings. The number of nitrogens with zero attached hydrogens (tertiary/aromatic N) is 1. The molecule has 2 N–H and O–H groups in total. The average Bonchev–Trinajstić information content (AvgIpc) is 2.57. The van der Waals surface area contributed by atoms with Crippen molar-refractivity contribution in [3.63, 3.8) is 0 Å². The van der Waals surface area contributed by atoms with Crippen molar-refractivity contribution in [3.8, 4) is 5.75 Å². The molecule has 7 nitrogen and oxygen atoms in total. The number of methoxy groups -OCH3 is 1. The number of benzene rings is 1. The Morgan fingerprint density at radius 3 is 2.65 bits per heavy atom. The van der Waals surface area contributed by atoms with Gasteiger partial charge in [0.2, 0.25) is 5.91 Å². The van der Waals surface area contributed by atoms with E-state index in [2.05, 4.69) is 15.4 Å². The molecule has 0 fully saturated rings. The monoisotopic (exact) mass is 321 g/mol. The number of nitrogens with one attached hydrogen (secondary N) is 2. The molecule has 1 heterocycles. The molecule has 2 rings (SSSR count). The van der Waals surface area contributed by atoms with E-state index in [-0.39, 0.29) is 12.5 Å². The number of likely N-dealkylation sites (N-methyl/N-ethyl adjacent to an activating group) is 1. The lowest BCUT2D eigenvalue weighted by atomic mass is 9.86. The number of carbonyl (C=O) groups excluding carboxylic acids is 2. The van der Waals surface area contributed by atoms with Crippen LogP contribution in [0.2, 0.25) is 0 Å². The van der Waals surface area contributed by atoms with Gasteiger partial charge in [0.15, 0.2) is 0 Å². The Hall–Kier alpha value is -2.28. The lowest BCUT2D eigenvalue weighted by Gasteiger charge is -2.41. The van der Waals surface area contributed by atoms with Gasteiger partial charge in [-0.25, -0.2) is 4.79 Å².